The third kappa shape index (κ3) is 4.22. The lowest BCUT2D eigenvalue weighted by molar-refractivity contribution is -0.118. The second-order valence-electron chi connectivity index (χ2n) is 6.59. The Labute approximate surface area is 157 Å². The highest BCUT2D eigenvalue weighted by Crippen LogP contribution is 2.29. The van der Waals surface area contributed by atoms with Crippen molar-refractivity contribution in [1.82, 2.24) is 9.88 Å². The van der Waals surface area contributed by atoms with Crippen LogP contribution in [0.25, 0.3) is 11.3 Å². The van der Waals surface area contributed by atoms with Crippen molar-refractivity contribution in [3.8, 4) is 11.3 Å². The summed E-state index contributed by atoms with van der Waals surface area (Å²) in [5.41, 5.74) is 2.76. The molecule has 2 heterocycles. The van der Waals surface area contributed by atoms with Crippen molar-refractivity contribution in [2.75, 3.05) is 25.0 Å². The van der Waals surface area contributed by atoms with E-state index in [1.807, 2.05) is 38.1 Å². The Morgan fingerprint density at radius 2 is 2.08 bits per heavy atom. The number of rotatable bonds is 6. The van der Waals surface area contributed by atoms with Crippen molar-refractivity contribution in [1.29, 1.82) is 0 Å². The molecule has 1 aliphatic heterocycles. The van der Waals surface area contributed by atoms with Crippen LogP contribution in [0.3, 0.4) is 0 Å². The predicted molar refractivity (Wildman–Crippen MR) is 102 cm³/mol. The van der Waals surface area contributed by atoms with E-state index in [9.17, 15) is 9.59 Å². The Kier molecular flexibility index (Phi) is 5.56. The average Bonchev–Trinajstić information content (AvgIpc) is 3.19. The lowest BCUT2D eigenvalue weighted by Gasteiger charge is -2.10. The zero-order valence-corrected chi connectivity index (χ0v) is 16.1. The van der Waals surface area contributed by atoms with Crippen molar-refractivity contribution in [3.05, 3.63) is 34.2 Å². The fourth-order valence-electron chi connectivity index (χ4n) is 2.68. The van der Waals surface area contributed by atoms with Crippen LogP contribution in [0.4, 0.5) is 10.5 Å². The molecule has 26 heavy (non-hydrogen) atoms. The molecule has 0 saturated carbocycles. The average molecular weight is 373 g/mol. The molecule has 2 amide bonds. The number of thiazole rings is 1. The third-order valence-electron chi connectivity index (χ3n) is 4.23. The molecule has 7 heteroatoms. The second-order valence-corrected chi connectivity index (χ2v) is 7.87. The number of ether oxygens (including phenoxy) is 1. The largest absolute Gasteiger partial charge is 0.448 e. The van der Waals surface area contributed by atoms with Crippen LogP contribution in [0.1, 0.15) is 23.7 Å². The molecule has 0 bridgehead atoms. The van der Waals surface area contributed by atoms with E-state index in [4.69, 9.17) is 9.72 Å². The smallest absolute Gasteiger partial charge is 0.409 e. The van der Waals surface area contributed by atoms with Crippen molar-refractivity contribution < 1.29 is 14.3 Å². The Morgan fingerprint density at radius 1 is 1.35 bits per heavy atom. The van der Waals surface area contributed by atoms with Crippen molar-refractivity contribution in [2.24, 2.45) is 5.92 Å². The van der Waals surface area contributed by atoms with Gasteiger partial charge < -0.3 is 15.0 Å². The van der Waals surface area contributed by atoms with Gasteiger partial charge in [0.25, 0.3) is 0 Å². The lowest BCUT2D eigenvalue weighted by atomic mass is 10.1. The van der Waals surface area contributed by atoms with Crippen LogP contribution in [-0.4, -0.2) is 41.6 Å². The highest BCUT2D eigenvalue weighted by atomic mass is 32.1. The minimum Gasteiger partial charge on any atom is -0.448 e. The van der Waals surface area contributed by atoms with Gasteiger partial charge in [0.15, 0.2) is 0 Å². The Bertz CT molecular complexity index is 799. The first kappa shape index (κ1) is 18.4. The fraction of sp³-hybridized carbons (Fsp3) is 0.421. The maximum Gasteiger partial charge on any atom is 0.409 e. The molecule has 1 N–H and O–H groups in total. The molecule has 2 aromatic rings. The summed E-state index contributed by atoms with van der Waals surface area (Å²) in [6.45, 7) is 7.54. The van der Waals surface area contributed by atoms with Crippen LogP contribution < -0.4 is 5.32 Å². The van der Waals surface area contributed by atoms with E-state index in [1.165, 1.54) is 0 Å². The highest BCUT2D eigenvalue weighted by Gasteiger charge is 2.22. The fourth-order valence-corrected chi connectivity index (χ4v) is 3.63. The summed E-state index contributed by atoms with van der Waals surface area (Å²) < 4.78 is 4.95. The number of hydrogen-bond donors (Lipinski definition) is 1. The predicted octanol–water partition coefficient (Wildman–Crippen LogP) is 3.71. The molecule has 0 radical (unpaired) electrons. The van der Waals surface area contributed by atoms with Crippen LogP contribution in [0.2, 0.25) is 0 Å². The first-order chi connectivity index (χ1) is 12.4. The monoisotopic (exact) mass is 373 g/mol. The summed E-state index contributed by atoms with van der Waals surface area (Å²) in [6.07, 6.45) is 0.487. The molecule has 0 spiro atoms. The summed E-state index contributed by atoms with van der Waals surface area (Å²) >= 11 is 1.65. The molecular weight excluding hydrogens is 350 g/mol. The van der Waals surface area contributed by atoms with Gasteiger partial charge in [0.1, 0.15) is 6.61 Å². The standard InChI is InChI=1S/C19H23N3O3S/c1-12(2)18(23)20-15-6-4-14(5-7-15)17-13(3)26-16(21-17)8-9-22-10-11-25-19(22)24/h4-7,12H,8-11H2,1-3H3,(H,20,23). The van der Waals surface area contributed by atoms with Gasteiger partial charge in [-0.05, 0) is 19.1 Å². The van der Waals surface area contributed by atoms with E-state index in [0.717, 1.165) is 33.3 Å². The van der Waals surface area contributed by atoms with Crippen LogP contribution in [0.15, 0.2) is 24.3 Å². The number of benzene rings is 1. The number of nitrogens with zero attached hydrogens (tertiary/aromatic N) is 2. The normalized spacial score (nSPS) is 14.0. The van der Waals surface area contributed by atoms with Crippen molar-refractivity contribution in [2.45, 2.75) is 27.2 Å². The molecule has 0 unspecified atom stereocenters. The van der Waals surface area contributed by atoms with Gasteiger partial charge in [0.2, 0.25) is 5.91 Å². The molecule has 1 aromatic carbocycles. The van der Waals surface area contributed by atoms with E-state index in [2.05, 4.69) is 12.2 Å². The quantitative estimate of drug-likeness (QED) is 0.838. The minimum atomic E-state index is -0.238. The molecule has 1 aliphatic rings. The number of carbonyl (C=O) groups is 2. The SMILES string of the molecule is Cc1sc(CCN2CCOC2=O)nc1-c1ccc(NC(=O)C(C)C)cc1. The summed E-state index contributed by atoms with van der Waals surface area (Å²) in [6, 6.07) is 7.74. The molecule has 1 fully saturated rings. The zero-order valence-electron chi connectivity index (χ0n) is 15.2. The molecule has 0 aliphatic carbocycles. The van der Waals surface area contributed by atoms with Crippen LogP contribution in [0, 0.1) is 12.8 Å². The second kappa shape index (κ2) is 7.86. The van der Waals surface area contributed by atoms with E-state index < -0.39 is 0 Å². The molecule has 138 valence electrons. The number of hydrogen-bond acceptors (Lipinski definition) is 5. The molecule has 0 atom stereocenters. The van der Waals surface area contributed by atoms with E-state index in [1.54, 1.807) is 16.2 Å². The number of aryl methyl sites for hydroxylation is 1. The van der Waals surface area contributed by atoms with Crippen molar-refractivity contribution in [3.63, 3.8) is 0 Å². The molecule has 1 saturated heterocycles. The minimum absolute atomic E-state index is 0.00492. The molecule has 3 rings (SSSR count). The Balaban J connectivity index is 1.66. The van der Waals surface area contributed by atoms with E-state index in [-0.39, 0.29) is 17.9 Å². The number of carbonyl (C=O) groups excluding carboxylic acids is 2. The molecule has 1 aromatic heterocycles. The first-order valence-corrected chi connectivity index (χ1v) is 9.55. The maximum absolute atomic E-state index is 11.8. The van der Waals surface area contributed by atoms with Gasteiger partial charge >= 0.3 is 6.09 Å². The summed E-state index contributed by atoms with van der Waals surface area (Å²) in [4.78, 5) is 30.9. The lowest BCUT2D eigenvalue weighted by Crippen LogP contribution is -2.26. The van der Waals surface area contributed by atoms with E-state index in [0.29, 0.717) is 19.7 Å². The van der Waals surface area contributed by atoms with E-state index >= 15 is 0 Å². The topological polar surface area (TPSA) is 71.5 Å². The van der Waals surface area contributed by atoms with Gasteiger partial charge in [-0.2, -0.15) is 0 Å². The summed E-state index contributed by atoms with van der Waals surface area (Å²) in [7, 11) is 0. The first-order valence-electron chi connectivity index (χ1n) is 8.73. The zero-order chi connectivity index (χ0) is 18.7. The van der Waals surface area contributed by atoms with Gasteiger partial charge in [0.05, 0.1) is 17.2 Å². The Hall–Kier alpha value is -2.41. The van der Waals surface area contributed by atoms with Gasteiger partial charge in [-0.15, -0.1) is 11.3 Å². The van der Waals surface area contributed by atoms with Crippen LogP contribution in [-0.2, 0) is 16.0 Å². The van der Waals surface area contributed by atoms with Gasteiger partial charge in [-0.1, -0.05) is 26.0 Å². The number of anilines is 1. The number of cyclic esters (lactones) is 1. The third-order valence-corrected chi connectivity index (χ3v) is 5.26. The maximum atomic E-state index is 11.8. The number of nitrogens with one attached hydrogen (secondary N) is 1. The van der Waals surface area contributed by atoms with Gasteiger partial charge in [0, 0.05) is 35.0 Å². The van der Waals surface area contributed by atoms with Crippen LogP contribution >= 0.6 is 11.3 Å². The highest BCUT2D eigenvalue weighted by molar-refractivity contribution is 7.12. The number of amides is 2. The molecule has 6 nitrogen and oxygen atoms in total. The summed E-state index contributed by atoms with van der Waals surface area (Å²) in [5, 5.41) is 3.90. The summed E-state index contributed by atoms with van der Waals surface area (Å²) in [5.74, 6) is -0.0452. The number of aromatic nitrogens is 1. The Morgan fingerprint density at radius 3 is 2.69 bits per heavy atom. The van der Waals surface area contributed by atoms with Gasteiger partial charge in [-0.25, -0.2) is 9.78 Å². The van der Waals surface area contributed by atoms with Crippen LogP contribution in [0.5, 0.6) is 0 Å². The van der Waals surface area contributed by atoms with Crippen molar-refractivity contribution >= 4 is 29.0 Å². The van der Waals surface area contributed by atoms with Gasteiger partial charge in [-0.3, -0.25) is 4.79 Å². The molecular formula is C19H23N3O3S.